The Balaban J connectivity index is 1.16. The summed E-state index contributed by atoms with van der Waals surface area (Å²) in [6.07, 6.45) is 3.10. The van der Waals surface area contributed by atoms with Gasteiger partial charge >= 0.3 is 0 Å². The molecule has 10 atom stereocenters. The van der Waals surface area contributed by atoms with Gasteiger partial charge in [0.1, 0.15) is 5.75 Å². The Bertz CT molecular complexity index is 1660. The number of primary amides is 1. The van der Waals surface area contributed by atoms with E-state index in [0.29, 0.717) is 71.4 Å². The minimum atomic E-state index is -0.643. The molecule has 326 valence electrons. The zero-order chi connectivity index (χ0) is 42.6. The Morgan fingerprint density at radius 2 is 1.14 bits per heavy atom. The van der Waals surface area contributed by atoms with Gasteiger partial charge in [-0.25, -0.2) is 0 Å². The van der Waals surface area contributed by atoms with E-state index >= 15 is 0 Å². The van der Waals surface area contributed by atoms with Gasteiger partial charge in [-0.05, 0) is 49.3 Å². The van der Waals surface area contributed by atoms with E-state index in [-0.39, 0.29) is 72.0 Å². The molecule has 7 amide bonds. The molecular formula is C41H64N10O8. The van der Waals surface area contributed by atoms with E-state index < -0.39 is 53.7 Å². The Morgan fingerprint density at radius 1 is 0.644 bits per heavy atom. The molecule has 12 N–H and O–H groups in total. The largest absolute Gasteiger partial charge is 0.508 e. The van der Waals surface area contributed by atoms with E-state index in [0.717, 1.165) is 12.0 Å². The highest BCUT2D eigenvalue weighted by molar-refractivity contribution is 5.87. The molecule has 0 bridgehead atoms. The van der Waals surface area contributed by atoms with Gasteiger partial charge in [0.15, 0.2) is 0 Å². The maximum absolute atomic E-state index is 13.8. The number of carbonyl (C=O) groups excluding carboxylic acids is 7. The van der Waals surface area contributed by atoms with E-state index in [1.807, 2.05) is 13.8 Å². The number of amides is 7. The van der Waals surface area contributed by atoms with Gasteiger partial charge in [-0.1, -0.05) is 39.3 Å². The first-order valence-electron chi connectivity index (χ1n) is 21.2. The lowest BCUT2D eigenvalue weighted by Crippen LogP contribution is -2.53. The number of nitrogens with one attached hydrogen (secondary N) is 9. The van der Waals surface area contributed by atoms with Gasteiger partial charge in [0.05, 0.1) is 41.8 Å². The zero-order valence-electron chi connectivity index (χ0n) is 34.4. The third-order valence-corrected chi connectivity index (χ3v) is 12.0. The first-order valence-corrected chi connectivity index (χ1v) is 21.2. The van der Waals surface area contributed by atoms with E-state index in [1.54, 1.807) is 19.1 Å². The molecule has 0 spiro atoms. The SMILES string of the molecule is CCC(=O)NC1CNCC1C(=O)NC1CNCC1C(=O)N[C@H](CC(=O)NC1CNCC1C(=O)N[C@H](CC(=O)NC1CCCC1C(N)=O)Cc1ccc(O)cc1)CC(C)C. The second-order valence-corrected chi connectivity index (χ2v) is 17.0. The molecule has 4 fully saturated rings. The van der Waals surface area contributed by atoms with Crippen molar-refractivity contribution in [2.75, 3.05) is 39.3 Å². The predicted octanol–water partition coefficient (Wildman–Crippen LogP) is -1.98. The average molecular weight is 825 g/mol. The quantitative estimate of drug-likeness (QED) is 0.0728. The van der Waals surface area contributed by atoms with Gasteiger partial charge in [0.2, 0.25) is 41.4 Å². The standard InChI is InChI=1S/C41H64N10O8/c1-4-35(53)49-32-19-44-17-29(32)41(59)51-34-21-45-18-30(34)40(58)46-24(12-22(2)3)14-37(55)50-33-20-43-16-28(33)39(57)47-25(13-23-8-10-26(52)11-9-23)15-36(54)48-31-7-5-6-27(31)38(42)56/h8-11,22,24-25,27-34,43-45,52H,4-7,12-21H2,1-3H3,(H2,42,56)(H,46,58)(H,47,57)(H,48,54)(H,49,53)(H,50,55)(H,51,59)/t24-,25-,27?,28?,29?,30?,31?,32?,33?,34?/m0/s1. The van der Waals surface area contributed by atoms with E-state index in [1.165, 1.54) is 12.1 Å². The van der Waals surface area contributed by atoms with Crippen LogP contribution in [0.4, 0.5) is 0 Å². The minimum Gasteiger partial charge on any atom is -0.508 e. The zero-order valence-corrected chi connectivity index (χ0v) is 34.4. The number of phenolic OH excluding ortho intramolecular Hbond substituents is 1. The lowest BCUT2D eigenvalue weighted by atomic mass is 9.96. The van der Waals surface area contributed by atoms with Crippen molar-refractivity contribution in [3.8, 4) is 5.75 Å². The predicted molar refractivity (Wildman–Crippen MR) is 218 cm³/mol. The van der Waals surface area contributed by atoms with Crippen molar-refractivity contribution in [3.05, 3.63) is 29.8 Å². The van der Waals surface area contributed by atoms with Gasteiger partial charge in [0.25, 0.3) is 0 Å². The van der Waals surface area contributed by atoms with Crippen molar-refractivity contribution in [2.45, 2.75) is 108 Å². The number of carbonyl (C=O) groups is 7. The minimum absolute atomic E-state index is 0.0183. The van der Waals surface area contributed by atoms with Crippen molar-refractivity contribution >= 4 is 41.4 Å². The molecule has 3 aliphatic heterocycles. The monoisotopic (exact) mass is 824 g/mol. The summed E-state index contributed by atoms with van der Waals surface area (Å²) in [6.45, 7) is 8.06. The number of hydrogen-bond donors (Lipinski definition) is 11. The van der Waals surface area contributed by atoms with Gasteiger partial charge in [0, 0.05) is 76.7 Å². The maximum atomic E-state index is 13.8. The van der Waals surface area contributed by atoms with E-state index in [9.17, 15) is 38.7 Å². The number of hydrogen-bond acceptors (Lipinski definition) is 11. The fourth-order valence-electron chi connectivity index (χ4n) is 8.84. The molecule has 1 aliphatic carbocycles. The van der Waals surface area contributed by atoms with Crippen LogP contribution in [0, 0.1) is 29.6 Å². The molecule has 5 rings (SSSR count). The maximum Gasteiger partial charge on any atom is 0.226 e. The molecule has 18 nitrogen and oxygen atoms in total. The van der Waals surface area contributed by atoms with Gasteiger partial charge in [-0.15, -0.1) is 0 Å². The molecule has 1 aromatic carbocycles. The summed E-state index contributed by atoms with van der Waals surface area (Å²) >= 11 is 0. The molecule has 0 radical (unpaired) electrons. The summed E-state index contributed by atoms with van der Waals surface area (Å²) < 4.78 is 0. The Morgan fingerprint density at radius 3 is 1.68 bits per heavy atom. The van der Waals surface area contributed by atoms with Crippen LogP contribution in [0.25, 0.3) is 0 Å². The number of phenols is 1. The molecule has 3 heterocycles. The molecule has 3 saturated heterocycles. The number of benzene rings is 1. The molecule has 4 aliphatic rings. The van der Waals surface area contributed by atoms with Crippen LogP contribution in [0.3, 0.4) is 0 Å². The van der Waals surface area contributed by atoms with Crippen LogP contribution in [-0.4, -0.2) is 122 Å². The van der Waals surface area contributed by atoms with Crippen LogP contribution < -0.4 is 53.6 Å². The van der Waals surface area contributed by atoms with Crippen LogP contribution >= 0.6 is 0 Å². The summed E-state index contributed by atoms with van der Waals surface area (Å²) in [5, 5.41) is 37.3. The fraction of sp³-hybridized carbons (Fsp3) is 0.683. The summed E-state index contributed by atoms with van der Waals surface area (Å²) in [6, 6.07) is 3.66. The molecule has 1 saturated carbocycles. The summed E-state index contributed by atoms with van der Waals surface area (Å²) in [5.74, 6) is -3.95. The highest BCUT2D eigenvalue weighted by atomic mass is 16.3. The van der Waals surface area contributed by atoms with Gasteiger partial charge in [-0.2, -0.15) is 0 Å². The number of rotatable bonds is 19. The van der Waals surface area contributed by atoms with E-state index in [4.69, 9.17) is 5.73 Å². The van der Waals surface area contributed by atoms with Crippen LogP contribution in [-0.2, 0) is 40.0 Å². The summed E-state index contributed by atoms with van der Waals surface area (Å²) in [4.78, 5) is 91.6. The van der Waals surface area contributed by atoms with Crippen LogP contribution in [0.15, 0.2) is 24.3 Å². The van der Waals surface area contributed by atoms with Crippen molar-refractivity contribution in [1.29, 1.82) is 0 Å². The first kappa shape index (κ1) is 45.3. The highest BCUT2D eigenvalue weighted by Crippen LogP contribution is 2.26. The van der Waals surface area contributed by atoms with Crippen molar-refractivity contribution in [3.63, 3.8) is 0 Å². The third-order valence-electron chi connectivity index (χ3n) is 12.0. The molecular weight excluding hydrogens is 761 g/mol. The van der Waals surface area contributed by atoms with Gasteiger partial charge in [-0.3, -0.25) is 33.6 Å². The highest BCUT2D eigenvalue weighted by Gasteiger charge is 2.40. The third kappa shape index (κ3) is 13.1. The van der Waals surface area contributed by atoms with Crippen molar-refractivity contribution in [1.82, 2.24) is 47.9 Å². The van der Waals surface area contributed by atoms with Crippen LogP contribution in [0.2, 0.25) is 0 Å². The number of aromatic hydroxyl groups is 1. The normalized spacial score (nSPS) is 27.4. The van der Waals surface area contributed by atoms with E-state index in [2.05, 4.69) is 47.9 Å². The van der Waals surface area contributed by atoms with Crippen molar-refractivity contribution < 1.29 is 38.7 Å². The average Bonchev–Trinajstić information content (AvgIpc) is 4.00. The summed E-state index contributed by atoms with van der Waals surface area (Å²) in [7, 11) is 0. The lowest BCUT2D eigenvalue weighted by molar-refractivity contribution is -0.129. The van der Waals surface area contributed by atoms with Crippen molar-refractivity contribution in [2.24, 2.45) is 35.3 Å². The summed E-state index contributed by atoms with van der Waals surface area (Å²) in [5.41, 5.74) is 6.36. The van der Waals surface area contributed by atoms with Crippen LogP contribution in [0.5, 0.6) is 5.75 Å². The molecule has 18 heteroatoms. The Kier molecular flexibility index (Phi) is 16.5. The molecule has 1 aromatic rings. The molecule has 0 aromatic heterocycles. The van der Waals surface area contributed by atoms with Gasteiger partial charge < -0.3 is 58.7 Å². The smallest absolute Gasteiger partial charge is 0.226 e. The Hall–Kier alpha value is -4.81. The molecule has 8 unspecified atom stereocenters. The lowest BCUT2D eigenvalue weighted by Gasteiger charge is -2.27. The van der Waals surface area contributed by atoms with Crippen LogP contribution in [0.1, 0.15) is 71.3 Å². The molecule has 59 heavy (non-hydrogen) atoms. The second-order valence-electron chi connectivity index (χ2n) is 17.0. The first-order chi connectivity index (χ1) is 28.2. The topological polar surface area (TPSA) is 274 Å². The fourth-order valence-corrected chi connectivity index (χ4v) is 8.84. The Labute approximate surface area is 345 Å². The second kappa shape index (κ2) is 21.4. The number of nitrogens with two attached hydrogens (primary N) is 1.